The van der Waals surface area contributed by atoms with Gasteiger partial charge in [0.05, 0.1) is 6.54 Å². The van der Waals surface area contributed by atoms with Crippen LogP contribution >= 0.6 is 0 Å². The molecule has 0 radical (unpaired) electrons. The minimum atomic E-state index is 0.642. The van der Waals surface area contributed by atoms with E-state index in [0.29, 0.717) is 5.88 Å². The van der Waals surface area contributed by atoms with Crippen molar-refractivity contribution >= 4 is 11.4 Å². The van der Waals surface area contributed by atoms with Crippen molar-refractivity contribution < 1.29 is 9.72 Å². The lowest BCUT2D eigenvalue weighted by Gasteiger charge is -2.08. The molecule has 0 fully saturated rings. The van der Waals surface area contributed by atoms with Crippen LogP contribution < -0.4 is 25.7 Å². The van der Waals surface area contributed by atoms with Crippen LogP contribution in [-0.4, -0.2) is 16.5 Å². The van der Waals surface area contributed by atoms with Crippen LogP contribution in [0.5, 0.6) is 11.6 Å². The molecule has 0 bridgehead atoms. The zero-order valence-electron chi connectivity index (χ0n) is 17.4. The Kier molecular flexibility index (Phi) is 6.13. The summed E-state index contributed by atoms with van der Waals surface area (Å²) in [5, 5.41) is 4.60. The van der Waals surface area contributed by atoms with Crippen molar-refractivity contribution in [1.29, 1.82) is 0 Å². The molecule has 0 spiro atoms. The number of anilines is 1. The summed E-state index contributed by atoms with van der Waals surface area (Å²) in [6.07, 6.45) is 10.3. The summed E-state index contributed by atoms with van der Waals surface area (Å²) in [5.74, 6) is 2.41. The first-order valence-electron chi connectivity index (χ1n) is 10.2. The molecule has 3 aromatic rings. The maximum atomic E-state index is 5.88. The third-order valence-corrected chi connectivity index (χ3v) is 5.10. The number of hydrogen-bond acceptors (Lipinski definition) is 5. The zero-order valence-corrected chi connectivity index (χ0v) is 17.4. The number of H-pyrrole nitrogens is 1. The molecule has 0 unspecified atom stereocenters. The van der Waals surface area contributed by atoms with Gasteiger partial charge in [-0.2, -0.15) is 0 Å². The minimum absolute atomic E-state index is 0.642. The Morgan fingerprint density at radius 1 is 1.10 bits per heavy atom. The molecule has 3 heterocycles. The van der Waals surface area contributed by atoms with Gasteiger partial charge < -0.3 is 10.1 Å². The highest BCUT2D eigenvalue weighted by Crippen LogP contribution is 2.22. The zero-order chi connectivity index (χ0) is 20.8. The van der Waals surface area contributed by atoms with Crippen LogP contribution in [0.4, 0.5) is 5.82 Å². The van der Waals surface area contributed by atoms with Gasteiger partial charge in [0.1, 0.15) is 11.0 Å². The Bertz CT molecular complexity index is 1170. The van der Waals surface area contributed by atoms with Gasteiger partial charge in [-0.05, 0) is 50.5 Å². The van der Waals surface area contributed by atoms with Crippen LogP contribution in [0.1, 0.15) is 30.9 Å². The predicted molar refractivity (Wildman–Crippen MR) is 117 cm³/mol. The molecular formula is C24H26N5O+. The van der Waals surface area contributed by atoms with E-state index >= 15 is 0 Å². The van der Waals surface area contributed by atoms with E-state index in [9.17, 15) is 0 Å². The first-order valence-corrected chi connectivity index (χ1v) is 10.2. The Balaban J connectivity index is 1.42. The van der Waals surface area contributed by atoms with Crippen molar-refractivity contribution in [2.24, 2.45) is 4.99 Å². The van der Waals surface area contributed by atoms with Crippen LogP contribution in [-0.2, 0) is 6.42 Å². The monoisotopic (exact) mass is 400 g/mol. The summed E-state index contributed by atoms with van der Waals surface area (Å²) >= 11 is 0. The van der Waals surface area contributed by atoms with Gasteiger partial charge in [-0.15, -0.1) is 0 Å². The molecule has 1 aliphatic heterocycles. The molecule has 152 valence electrons. The van der Waals surface area contributed by atoms with E-state index in [1.807, 2.05) is 37.4 Å². The molecule has 6 heteroatoms. The number of fused-ring (bicyclic) bond motifs is 1. The number of aryl methyl sites for hydroxylation is 1. The number of ether oxygens (including phenoxy) is 1. The summed E-state index contributed by atoms with van der Waals surface area (Å²) in [7, 11) is 0. The van der Waals surface area contributed by atoms with Crippen molar-refractivity contribution in [3.63, 3.8) is 0 Å². The van der Waals surface area contributed by atoms with Gasteiger partial charge in [0.25, 0.3) is 0 Å². The van der Waals surface area contributed by atoms with E-state index in [1.54, 1.807) is 12.5 Å². The fourth-order valence-corrected chi connectivity index (χ4v) is 3.42. The normalized spacial score (nSPS) is 13.1. The SMILES string of the molecule is CC1=c2c(NCCc3ccc(Oc4ncccc4C)cc3)[nH+]cnc2=NC=CCC1. The average molecular weight is 401 g/mol. The number of aromatic nitrogens is 3. The van der Waals surface area contributed by atoms with E-state index in [2.05, 4.69) is 50.4 Å². The smallest absolute Gasteiger partial charge is 0.242 e. The lowest BCUT2D eigenvalue weighted by molar-refractivity contribution is -0.367. The van der Waals surface area contributed by atoms with Gasteiger partial charge >= 0.3 is 0 Å². The Hall–Kier alpha value is -3.54. The summed E-state index contributed by atoms with van der Waals surface area (Å²) in [4.78, 5) is 16.4. The molecule has 30 heavy (non-hydrogen) atoms. The summed E-state index contributed by atoms with van der Waals surface area (Å²) < 4.78 is 5.88. The second-order valence-corrected chi connectivity index (χ2v) is 7.36. The van der Waals surface area contributed by atoms with Crippen molar-refractivity contribution in [3.05, 3.63) is 83.0 Å². The number of nitrogens with zero attached hydrogens (tertiary/aromatic N) is 3. The van der Waals surface area contributed by atoms with Crippen LogP contribution in [0, 0.1) is 6.92 Å². The van der Waals surface area contributed by atoms with Crippen molar-refractivity contribution in [2.45, 2.75) is 33.1 Å². The van der Waals surface area contributed by atoms with Gasteiger partial charge in [0, 0.05) is 24.4 Å². The van der Waals surface area contributed by atoms with E-state index in [0.717, 1.165) is 53.6 Å². The first kappa shape index (κ1) is 19.8. The Morgan fingerprint density at radius 2 is 1.97 bits per heavy atom. The van der Waals surface area contributed by atoms with Crippen LogP contribution in [0.2, 0.25) is 0 Å². The summed E-state index contributed by atoms with van der Waals surface area (Å²) in [5.41, 5.74) is 4.30. The van der Waals surface area contributed by atoms with Gasteiger partial charge in [-0.25, -0.2) is 15.0 Å². The highest BCUT2D eigenvalue weighted by molar-refractivity contribution is 5.49. The van der Waals surface area contributed by atoms with Crippen molar-refractivity contribution in [3.8, 4) is 11.6 Å². The number of nitrogens with one attached hydrogen (secondary N) is 2. The van der Waals surface area contributed by atoms with E-state index in [-0.39, 0.29) is 0 Å². The third-order valence-electron chi connectivity index (χ3n) is 5.10. The number of hydrogen-bond donors (Lipinski definition) is 1. The highest BCUT2D eigenvalue weighted by atomic mass is 16.5. The molecule has 0 atom stereocenters. The summed E-state index contributed by atoms with van der Waals surface area (Å²) in [6.45, 7) is 4.94. The standard InChI is InChI=1S/C24H25N5O/c1-17-6-3-4-13-25-22-21(17)23(29-16-28-22)26-15-12-19-8-10-20(11-9-19)30-24-18(2)7-5-14-27-24/h4-5,7-11,13-14,16H,3,6,12,15H2,1-2H3,(H,25,26,28,29)/p+1. The number of benzene rings is 1. The molecule has 0 saturated heterocycles. The second-order valence-electron chi connectivity index (χ2n) is 7.36. The maximum absolute atomic E-state index is 5.88. The number of pyridine rings is 1. The van der Waals surface area contributed by atoms with Crippen molar-refractivity contribution in [2.75, 3.05) is 11.9 Å². The number of rotatable bonds is 6. The summed E-state index contributed by atoms with van der Waals surface area (Å²) in [6, 6.07) is 12.1. The average Bonchev–Trinajstić information content (AvgIpc) is 2.75. The largest absolute Gasteiger partial charge is 0.439 e. The van der Waals surface area contributed by atoms with Gasteiger partial charge in [0.2, 0.25) is 23.5 Å². The molecule has 6 nitrogen and oxygen atoms in total. The maximum Gasteiger partial charge on any atom is 0.242 e. The molecule has 1 aromatic carbocycles. The predicted octanol–water partition coefficient (Wildman–Crippen LogP) is 3.14. The van der Waals surface area contributed by atoms with Gasteiger partial charge in [0.15, 0.2) is 0 Å². The molecule has 0 aliphatic carbocycles. The van der Waals surface area contributed by atoms with Gasteiger partial charge in [-0.3, -0.25) is 0 Å². The lowest BCUT2D eigenvalue weighted by atomic mass is 10.1. The van der Waals surface area contributed by atoms with Crippen LogP contribution in [0.15, 0.2) is 66.2 Å². The van der Waals surface area contributed by atoms with E-state index in [4.69, 9.17) is 4.74 Å². The van der Waals surface area contributed by atoms with Gasteiger partial charge in [-0.1, -0.05) is 34.8 Å². The number of aromatic amines is 1. The molecule has 0 saturated carbocycles. The fraction of sp³-hybridized carbons (Fsp3) is 0.250. The molecule has 1 aliphatic rings. The lowest BCUT2D eigenvalue weighted by Crippen LogP contribution is -2.39. The first-order chi connectivity index (χ1) is 14.7. The third kappa shape index (κ3) is 4.71. The number of allylic oxidation sites excluding steroid dienone is 1. The molecular weight excluding hydrogens is 374 g/mol. The topological polar surface area (TPSA) is 73.5 Å². The molecule has 2 aromatic heterocycles. The molecule has 4 rings (SSSR count). The van der Waals surface area contributed by atoms with Crippen LogP contribution in [0.3, 0.4) is 0 Å². The molecule has 0 amide bonds. The fourth-order valence-electron chi connectivity index (χ4n) is 3.42. The van der Waals surface area contributed by atoms with E-state index in [1.165, 1.54) is 11.1 Å². The van der Waals surface area contributed by atoms with E-state index < -0.39 is 0 Å². The van der Waals surface area contributed by atoms with Crippen LogP contribution in [0.25, 0.3) is 5.57 Å². The molecule has 2 N–H and O–H groups in total. The second kappa shape index (κ2) is 9.31. The minimum Gasteiger partial charge on any atom is -0.439 e. The Morgan fingerprint density at radius 3 is 2.80 bits per heavy atom. The quantitative estimate of drug-likeness (QED) is 0.690. The van der Waals surface area contributed by atoms with Crippen molar-refractivity contribution in [1.82, 2.24) is 9.97 Å². The highest BCUT2D eigenvalue weighted by Gasteiger charge is 2.10. The Labute approximate surface area is 176 Å².